The van der Waals surface area contributed by atoms with Crippen molar-refractivity contribution in [1.29, 1.82) is 0 Å². The molecule has 8 heteroatoms. The van der Waals surface area contributed by atoms with Crippen LogP contribution in [0.15, 0.2) is 16.6 Å². The molecule has 0 bridgehead atoms. The minimum absolute atomic E-state index is 0.265. The number of nitrogens with one attached hydrogen (secondary N) is 5. The molecule has 0 aliphatic carbocycles. The summed E-state index contributed by atoms with van der Waals surface area (Å²) < 4.78 is 0. The minimum Gasteiger partial charge on any atom is -0.341 e. The Hall–Kier alpha value is -1.96. The summed E-state index contributed by atoms with van der Waals surface area (Å²) in [5.74, 6) is 1.66. The lowest BCUT2D eigenvalue weighted by atomic mass is 10.4. The van der Waals surface area contributed by atoms with E-state index in [9.17, 15) is 4.79 Å². The summed E-state index contributed by atoms with van der Waals surface area (Å²) in [7, 11) is 0. The van der Waals surface area contributed by atoms with Crippen LogP contribution in [0.5, 0.6) is 0 Å². The van der Waals surface area contributed by atoms with Crippen molar-refractivity contribution >= 4 is 11.9 Å². The van der Waals surface area contributed by atoms with Crippen molar-refractivity contribution in [2.45, 2.75) is 6.17 Å². The van der Waals surface area contributed by atoms with Crippen molar-refractivity contribution in [2.75, 3.05) is 0 Å². The van der Waals surface area contributed by atoms with Crippen LogP contribution in [0.3, 0.4) is 0 Å². The second-order valence-electron chi connectivity index (χ2n) is 2.70. The van der Waals surface area contributed by atoms with Crippen LogP contribution in [-0.2, 0) is 4.94 Å². The van der Waals surface area contributed by atoms with Gasteiger partial charge in [-0.1, -0.05) is 0 Å². The highest BCUT2D eigenvalue weighted by molar-refractivity contribution is 6.07. The monoisotopic (exact) mass is 182 g/mol. The Labute approximate surface area is 72.3 Å². The molecule has 13 heavy (non-hydrogen) atoms. The molecule has 68 valence electrons. The van der Waals surface area contributed by atoms with Gasteiger partial charge in [0.05, 0.1) is 0 Å². The molecule has 8 nitrogen and oxygen atoms in total. The van der Waals surface area contributed by atoms with Gasteiger partial charge in [0.2, 0.25) is 0 Å². The summed E-state index contributed by atoms with van der Waals surface area (Å²) in [6.07, 6.45) is -0.303. The zero-order chi connectivity index (χ0) is 8.84. The summed E-state index contributed by atoms with van der Waals surface area (Å²) in [5, 5.41) is 8.13. The SMILES string of the molecule is O=C1NC2=NC3=C(NON3)NC2N1. The summed E-state index contributed by atoms with van der Waals surface area (Å²) in [5.41, 5.74) is 5.08. The maximum Gasteiger partial charge on any atom is 0.322 e. The number of nitrogens with zero attached hydrogens (tertiary/aromatic N) is 1. The first-order valence-corrected chi connectivity index (χ1v) is 3.68. The summed E-state index contributed by atoms with van der Waals surface area (Å²) in [4.78, 5) is 19.7. The molecule has 1 fully saturated rings. The van der Waals surface area contributed by atoms with Gasteiger partial charge in [-0.3, -0.25) is 5.32 Å². The van der Waals surface area contributed by atoms with Crippen LogP contribution >= 0.6 is 0 Å². The molecule has 0 aromatic carbocycles. The average molecular weight is 182 g/mol. The van der Waals surface area contributed by atoms with Gasteiger partial charge in [-0.05, 0) is 0 Å². The van der Waals surface area contributed by atoms with Gasteiger partial charge < -0.3 is 10.6 Å². The zero-order valence-corrected chi connectivity index (χ0v) is 6.34. The quantitative estimate of drug-likeness (QED) is 0.292. The first-order valence-electron chi connectivity index (χ1n) is 3.68. The fourth-order valence-electron chi connectivity index (χ4n) is 1.29. The van der Waals surface area contributed by atoms with Crippen LogP contribution in [0, 0.1) is 0 Å². The molecular formula is C5H6N6O2. The Kier molecular flexibility index (Phi) is 1.03. The van der Waals surface area contributed by atoms with Gasteiger partial charge in [0.25, 0.3) is 0 Å². The van der Waals surface area contributed by atoms with Gasteiger partial charge >= 0.3 is 6.03 Å². The molecule has 0 radical (unpaired) electrons. The first-order chi connectivity index (χ1) is 6.33. The number of carbonyl (C=O) groups excluding carboxylic acids is 1. The highest BCUT2D eigenvalue weighted by Crippen LogP contribution is 2.11. The number of carbonyl (C=O) groups is 1. The van der Waals surface area contributed by atoms with Gasteiger partial charge in [0.1, 0.15) is 0 Å². The first kappa shape index (κ1) is 6.54. The Morgan fingerprint density at radius 3 is 3.15 bits per heavy atom. The predicted octanol–water partition coefficient (Wildman–Crippen LogP) is -2.21. The molecule has 5 N–H and O–H groups in total. The van der Waals surface area contributed by atoms with E-state index in [2.05, 4.69) is 31.9 Å². The lowest BCUT2D eigenvalue weighted by Gasteiger charge is -2.17. The standard InChI is InChI=1S/C5H6N6O2/c12-5-8-1-2(9-5)7-4-3(6-1)10-13-11-4/h1,6,10-11H,(H2,7,8,9,12). The number of hydrogen-bond acceptors (Lipinski definition) is 6. The van der Waals surface area contributed by atoms with E-state index in [-0.39, 0.29) is 12.2 Å². The molecule has 2 amide bonds. The third-order valence-corrected chi connectivity index (χ3v) is 1.85. The molecule has 3 aliphatic rings. The van der Waals surface area contributed by atoms with Gasteiger partial charge in [0, 0.05) is 0 Å². The number of amidine groups is 1. The highest BCUT2D eigenvalue weighted by atomic mass is 16.8. The lowest BCUT2D eigenvalue weighted by molar-refractivity contribution is 0.0220. The second kappa shape index (κ2) is 2.04. The largest absolute Gasteiger partial charge is 0.341 e. The van der Waals surface area contributed by atoms with Crippen LogP contribution in [-0.4, -0.2) is 18.0 Å². The van der Waals surface area contributed by atoms with Gasteiger partial charge in [-0.2, -0.15) is 4.94 Å². The molecule has 0 aromatic heterocycles. The van der Waals surface area contributed by atoms with Gasteiger partial charge in [0.15, 0.2) is 23.6 Å². The van der Waals surface area contributed by atoms with E-state index in [1.807, 2.05) is 0 Å². The Morgan fingerprint density at radius 2 is 2.23 bits per heavy atom. The van der Waals surface area contributed by atoms with E-state index in [1.54, 1.807) is 0 Å². The Morgan fingerprint density at radius 1 is 1.31 bits per heavy atom. The molecule has 1 atom stereocenters. The van der Waals surface area contributed by atoms with Crippen molar-refractivity contribution in [3.63, 3.8) is 0 Å². The fourth-order valence-corrected chi connectivity index (χ4v) is 1.29. The van der Waals surface area contributed by atoms with Crippen LogP contribution in [0.1, 0.15) is 0 Å². The van der Waals surface area contributed by atoms with E-state index in [0.29, 0.717) is 17.5 Å². The fraction of sp³-hybridized carbons (Fsp3) is 0.200. The summed E-state index contributed by atoms with van der Waals surface area (Å²) in [6, 6.07) is -0.265. The molecule has 1 unspecified atom stereocenters. The van der Waals surface area contributed by atoms with Crippen molar-refractivity contribution in [3.05, 3.63) is 11.6 Å². The zero-order valence-electron chi connectivity index (χ0n) is 6.34. The van der Waals surface area contributed by atoms with E-state index in [4.69, 9.17) is 4.94 Å². The molecular weight excluding hydrogens is 176 g/mol. The molecule has 0 aromatic rings. The molecule has 3 heterocycles. The van der Waals surface area contributed by atoms with Gasteiger partial charge in [-0.15, -0.1) is 0 Å². The van der Waals surface area contributed by atoms with Crippen molar-refractivity contribution in [2.24, 2.45) is 4.99 Å². The highest BCUT2D eigenvalue weighted by Gasteiger charge is 2.34. The molecule has 3 rings (SSSR count). The number of rotatable bonds is 0. The Balaban J connectivity index is 1.95. The van der Waals surface area contributed by atoms with Crippen molar-refractivity contribution in [3.8, 4) is 0 Å². The Bertz CT molecular complexity index is 347. The summed E-state index contributed by atoms with van der Waals surface area (Å²) >= 11 is 0. The van der Waals surface area contributed by atoms with E-state index in [0.717, 1.165) is 0 Å². The van der Waals surface area contributed by atoms with Crippen molar-refractivity contribution in [1.82, 2.24) is 26.9 Å². The number of fused-ring (bicyclic) bond motifs is 1. The maximum atomic E-state index is 10.9. The third kappa shape index (κ3) is 0.825. The van der Waals surface area contributed by atoms with E-state index in [1.165, 1.54) is 0 Å². The second-order valence-corrected chi connectivity index (χ2v) is 2.70. The maximum absolute atomic E-state index is 10.9. The van der Waals surface area contributed by atoms with Crippen LogP contribution in [0.25, 0.3) is 0 Å². The van der Waals surface area contributed by atoms with E-state index >= 15 is 0 Å². The van der Waals surface area contributed by atoms with Crippen LogP contribution in [0.2, 0.25) is 0 Å². The van der Waals surface area contributed by atoms with Crippen LogP contribution < -0.4 is 26.9 Å². The predicted molar refractivity (Wildman–Crippen MR) is 40.4 cm³/mol. The molecule has 3 aliphatic heterocycles. The number of urea groups is 1. The van der Waals surface area contributed by atoms with Crippen molar-refractivity contribution < 1.29 is 9.73 Å². The molecule has 0 spiro atoms. The number of aliphatic imine (C=N–C) groups is 1. The third-order valence-electron chi connectivity index (χ3n) is 1.85. The molecule has 1 saturated heterocycles. The number of hydroxylamine groups is 2. The summed E-state index contributed by atoms with van der Waals surface area (Å²) in [6.45, 7) is 0. The minimum atomic E-state index is -0.303. The molecule has 0 saturated carbocycles. The average Bonchev–Trinajstić information content (AvgIpc) is 2.63. The smallest absolute Gasteiger partial charge is 0.322 e. The number of amides is 2. The van der Waals surface area contributed by atoms with Gasteiger partial charge in [-0.25, -0.2) is 20.7 Å². The lowest BCUT2D eigenvalue weighted by Crippen LogP contribution is -2.47. The topological polar surface area (TPSA) is 98.8 Å². The normalized spacial score (nSPS) is 28.8. The number of hydrogen-bond donors (Lipinski definition) is 5. The van der Waals surface area contributed by atoms with E-state index < -0.39 is 0 Å². The van der Waals surface area contributed by atoms with Crippen LogP contribution in [0.4, 0.5) is 4.79 Å².